The fraction of sp³-hybridized carbons (Fsp3) is 0.294. The Bertz CT molecular complexity index is 567. The molecule has 19 heavy (non-hydrogen) atoms. The molecule has 0 aliphatic rings. The predicted octanol–water partition coefficient (Wildman–Crippen LogP) is 4.65. The highest BCUT2D eigenvalue weighted by atomic mass is 79.9. The van der Waals surface area contributed by atoms with E-state index in [1.807, 2.05) is 24.3 Å². The van der Waals surface area contributed by atoms with E-state index in [-0.39, 0.29) is 0 Å². The zero-order valence-corrected chi connectivity index (χ0v) is 13.2. The Kier molecular flexibility index (Phi) is 4.43. The molecule has 1 unspecified atom stereocenters. The van der Waals surface area contributed by atoms with Crippen LogP contribution >= 0.6 is 15.9 Å². The summed E-state index contributed by atoms with van der Waals surface area (Å²) >= 11 is 3.53. The Labute approximate surface area is 123 Å². The topological polar surface area (TPSA) is 20.2 Å². The lowest BCUT2D eigenvalue weighted by atomic mass is 9.92. The zero-order chi connectivity index (χ0) is 14.0. The molecule has 0 bridgehead atoms. The first-order valence-corrected chi connectivity index (χ1v) is 7.27. The van der Waals surface area contributed by atoms with Crippen molar-refractivity contribution in [3.05, 3.63) is 68.7 Å². The van der Waals surface area contributed by atoms with Gasteiger partial charge in [0.25, 0.3) is 0 Å². The minimum atomic E-state index is -0.459. The highest BCUT2D eigenvalue weighted by molar-refractivity contribution is 9.10. The number of halogens is 1. The Morgan fingerprint density at radius 2 is 1.63 bits per heavy atom. The summed E-state index contributed by atoms with van der Waals surface area (Å²) in [7, 11) is 0. The van der Waals surface area contributed by atoms with Crippen LogP contribution in [0.25, 0.3) is 0 Å². The van der Waals surface area contributed by atoms with Crippen LogP contribution in [-0.2, 0) is 6.42 Å². The van der Waals surface area contributed by atoms with Crippen LogP contribution in [0.2, 0.25) is 0 Å². The molecule has 2 aromatic carbocycles. The monoisotopic (exact) mass is 318 g/mol. The summed E-state index contributed by atoms with van der Waals surface area (Å²) in [5.74, 6) is 0. The van der Waals surface area contributed by atoms with Gasteiger partial charge in [0, 0.05) is 10.9 Å². The highest BCUT2D eigenvalue weighted by Gasteiger charge is 2.15. The maximum atomic E-state index is 10.5. The fourth-order valence-corrected chi connectivity index (χ4v) is 3.14. The third kappa shape index (κ3) is 3.26. The zero-order valence-electron chi connectivity index (χ0n) is 11.6. The van der Waals surface area contributed by atoms with Crippen LogP contribution in [0.15, 0.2) is 40.9 Å². The smallest absolute Gasteiger partial charge is 0.0835 e. The lowest BCUT2D eigenvalue weighted by molar-refractivity contribution is 0.177. The molecule has 1 nitrogen and oxygen atoms in total. The van der Waals surface area contributed by atoms with Crippen LogP contribution in [0.1, 0.15) is 33.9 Å². The van der Waals surface area contributed by atoms with E-state index in [2.05, 4.69) is 48.8 Å². The minimum absolute atomic E-state index is 0.459. The maximum Gasteiger partial charge on any atom is 0.0835 e. The van der Waals surface area contributed by atoms with Crippen LogP contribution in [0.5, 0.6) is 0 Å². The molecule has 0 aliphatic carbocycles. The fourth-order valence-electron chi connectivity index (χ4n) is 2.69. The Balaban J connectivity index is 2.31. The second-order valence-electron chi connectivity index (χ2n) is 5.12. The summed E-state index contributed by atoms with van der Waals surface area (Å²) in [6.45, 7) is 6.22. The van der Waals surface area contributed by atoms with Crippen molar-refractivity contribution in [3.8, 4) is 0 Å². The van der Waals surface area contributed by atoms with Gasteiger partial charge >= 0.3 is 0 Å². The predicted molar refractivity (Wildman–Crippen MR) is 83.5 cm³/mol. The quantitative estimate of drug-likeness (QED) is 0.873. The standard InChI is InChI=1S/C17H19BrO/c1-11-8-12(2)17(13(3)9-11)16(19)10-14-6-4-5-7-15(14)18/h4-9,16,19H,10H2,1-3H3. The number of hydrogen-bond donors (Lipinski definition) is 1. The maximum absolute atomic E-state index is 10.5. The Morgan fingerprint density at radius 1 is 1.05 bits per heavy atom. The number of aryl methyl sites for hydroxylation is 3. The molecule has 100 valence electrons. The minimum Gasteiger partial charge on any atom is -0.388 e. The molecule has 0 aliphatic heterocycles. The summed E-state index contributed by atoms with van der Waals surface area (Å²) in [5.41, 5.74) is 5.76. The molecule has 2 aromatic rings. The second-order valence-corrected chi connectivity index (χ2v) is 5.98. The summed E-state index contributed by atoms with van der Waals surface area (Å²) in [4.78, 5) is 0. The van der Waals surface area contributed by atoms with Gasteiger partial charge in [0.1, 0.15) is 0 Å². The van der Waals surface area contributed by atoms with Crippen molar-refractivity contribution in [1.82, 2.24) is 0 Å². The van der Waals surface area contributed by atoms with Crippen molar-refractivity contribution >= 4 is 15.9 Å². The van der Waals surface area contributed by atoms with Gasteiger partial charge in [0.05, 0.1) is 6.10 Å². The van der Waals surface area contributed by atoms with E-state index in [1.54, 1.807) is 0 Å². The summed E-state index contributed by atoms with van der Waals surface area (Å²) in [6, 6.07) is 12.3. The molecule has 1 N–H and O–H groups in total. The molecule has 0 heterocycles. The molecule has 0 saturated heterocycles. The van der Waals surface area contributed by atoms with E-state index in [0.29, 0.717) is 6.42 Å². The lowest BCUT2D eigenvalue weighted by Crippen LogP contribution is -2.07. The van der Waals surface area contributed by atoms with E-state index >= 15 is 0 Å². The van der Waals surface area contributed by atoms with Crippen molar-refractivity contribution in [2.75, 3.05) is 0 Å². The van der Waals surface area contributed by atoms with Crippen molar-refractivity contribution in [2.24, 2.45) is 0 Å². The van der Waals surface area contributed by atoms with E-state index < -0.39 is 6.10 Å². The molecule has 2 rings (SSSR count). The molecule has 0 spiro atoms. The number of aliphatic hydroxyl groups is 1. The van der Waals surface area contributed by atoms with Gasteiger partial charge in [0.2, 0.25) is 0 Å². The number of hydrogen-bond acceptors (Lipinski definition) is 1. The number of rotatable bonds is 3. The van der Waals surface area contributed by atoms with Gasteiger partial charge in [-0.25, -0.2) is 0 Å². The number of aliphatic hydroxyl groups excluding tert-OH is 1. The van der Waals surface area contributed by atoms with Gasteiger partial charge in [-0.15, -0.1) is 0 Å². The molecule has 0 saturated carbocycles. The molecule has 0 amide bonds. The highest BCUT2D eigenvalue weighted by Crippen LogP contribution is 2.28. The van der Waals surface area contributed by atoms with E-state index in [1.165, 1.54) is 5.56 Å². The molecule has 1 atom stereocenters. The van der Waals surface area contributed by atoms with Crippen LogP contribution in [0.3, 0.4) is 0 Å². The molecule has 0 radical (unpaired) electrons. The van der Waals surface area contributed by atoms with Crippen LogP contribution in [-0.4, -0.2) is 5.11 Å². The second kappa shape index (κ2) is 5.89. The van der Waals surface area contributed by atoms with Crippen molar-refractivity contribution in [1.29, 1.82) is 0 Å². The Hall–Kier alpha value is -1.12. The molecule has 0 fully saturated rings. The van der Waals surface area contributed by atoms with Gasteiger partial charge in [-0.3, -0.25) is 0 Å². The van der Waals surface area contributed by atoms with Crippen molar-refractivity contribution in [3.63, 3.8) is 0 Å². The first-order chi connectivity index (χ1) is 8.99. The first-order valence-electron chi connectivity index (χ1n) is 6.48. The summed E-state index contributed by atoms with van der Waals surface area (Å²) in [6.07, 6.45) is 0.172. The van der Waals surface area contributed by atoms with Gasteiger partial charge in [-0.2, -0.15) is 0 Å². The van der Waals surface area contributed by atoms with Gasteiger partial charge in [-0.1, -0.05) is 51.8 Å². The normalized spacial score (nSPS) is 12.5. The SMILES string of the molecule is Cc1cc(C)c(C(O)Cc2ccccc2Br)c(C)c1. The lowest BCUT2D eigenvalue weighted by Gasteiger charge is -2.18. The summed E-state index contributed by atoms with van der Waals surface area (Å²) in [5, 5.41) is 10.5. The van der Waals surface area contributed by atoms with E-state index in [4.69, 9.17) is 0 Å². The van der Waals surface area contributed by atoms with E-state index in [9.17, 15) is 5.11 Å². The van der Waals surface area contributed by atoms with Crippen molar-refractivity contribution in [2.45, 2.75) is 33.3 Å². The third-order valence-corrected chi connectivity index (χ3v) is 4.22. The molecular weight excluding hydrogens is 300 g/mol. The largest absolute Gasteiger partial charge is 0.388 e. The molecule has 0 aromatic heterocycles. The van der Waals surface area contributed by atoms with Gasteiger partial charge in [0.15, 0.2) is 0 Å². The Morgan fingerprint density at radius 3 is 2.21 bits per heavy atom. The third-order valence-electron chi connectivity index (χ3n) is 3.44. The van der Waals surface area contributed by atoms with Gasteiger partial charge in [-0.05, 0) is 49.1 Å². The first kappa shape index (κ1) is 14.3. The van der Waals surface area contributed by atoms with Gasteiger partial charge < -0.3 is 5.11 Å². The van der Waals surface area contributed by atoms with E-state index in [0.717, 1.165) is 26.7 Å². The average Bonchev–Trinajstić information content (AvgIpc) is 2.30. The average molecular weight is 319 g/mol. The number of benzene rings is 2. The van der Waals surface area contributed by atoms with Crippen LogP contribution in [0.4, 0.5) is 0 Å². The molecule has 2 heteroatoms. The van der Waals surface area contributed by atoms with Crippen LogP contribution in [0, 0.1) is 20.8 Å². The van der Waals surface area contributed by atoms with Crippen molar-refractivity contribution < 1.29 is 5.11 Å². The van der Waals surface area contributed by atoms with Crippen LogP contribution < -0.4 is 0 Å². The molecular formula is C17H19BrO. The summed E-state index contributed by atoms with van der Waals surface area (Å²) < 4.78 is 1.05.